The van der Waals surface area contributed by atoms with Gasteiger partial charge in [0.25, 0.3) is 0 Å². The second kappa shape index (κ2) is 8.37. The van der Waals surface area contributed by atoms with E-state index < -0.39 is 11.7 Å². The topological polar surface area (TPSA) is 44.4 Å². The van der Waals surface area contributed by atoms with Crippen molar-refractivity contribution in [3.05, 3.63) is 29.8 Å². The molecule has 7 heteroatoms. The number of amides is 1. The monoisotopic (exact) mass is 343 g/mol. The van der Waals surface area contributed by atoms with Crippen molar-refractivity contribution in [1.82, 2.24) is 10.2 Å². The Labute approximate surface area is 140 Å². The van der Waals surface area contributed by atoms with Gasteiger partial charge in [0.1, 0.15) is 0 Å². The Balaban J connectivity index is 1.69. The fraction of sp³-hybridized carbons (Fsp3) is 0.588. The van der Waals surface area contributed by atoms with Crippen molar-refractivity contribution in [2.24, 2.45) is 5.92 Å². The van der Waals surface area contributed by atoms with Gasteiger partial charge in [-0.25, -0.2) is 0 Å². The number of likely N-dealkylation sites (tertiary alicyclic amines) is 1. The summed E-state index contributed by atoms with van der Waals surface area (Å²) in [5.41, 5.74) is -0.447. The summed E-state index contributed by atoms with van der Waals surface area (Å²) in [5.74, 6) is 0.467. The predicted molar refractivity (Wildman–Crippen MR) is 87.8 cm³/mol. The highest BCUT2D eigenvalue weighted by molar-refractivity contribution is 5.80. The third kappa shape index (κ3) is 6.03. The molecular formula is C17H24F3N3O. The van der Waals surface area contributed by atoms with Gasteiger partial charge in [0.05, 0.1) is 12.1 Å². The van der Waals surface area contributed by atoms with Crippen molar-refractivity contribution in [1.29, 1.82) is 0 Å². The van der Waals surface area contributed by atoms with Gasteiger partial charge in [0.15, 0.2) is 0 Å². The number of rotatable bonds is 6. The fourth-order valence-corrected chi connectivity index (χ4v) is 2.89. The molecule has 24 heavy (non-hydrogen) atoms. The molecular weight excluding hydrogens is 319 g/mol. The summed E-state index contributed by atoms with van der Waals surface area (Å²) in [6.45, 7) is 5.65. The molecule has 2 rings (SSSR count). The molecule has 134 valence electrons. The quantitative estimate of drug-likeness (QED) is 0.835. The summed E-state index contributed by atoms with van der Waals surface area (Å²) < 4.78 is 37.9. The molecule has 1 unspecified atom stereocenters. The molecule has 2 N–H and O–H groups in total. The number of hydrogen-bond donors (Lipinski definition) is 2. The van der Waals surface area contributed by atoms with Crippen LogP contribution < -0.4 is 10.6 Å². The minimum Gasteiger partial charge on any atom is -0.376 e. The molecule has 1 aromatic carbocycles. The van der Waals surface area contributed by atoms with Crippen molar-refractivity contribution >= 4 is 11.6 Å². The van der Waals surface area contributed by atoms with Gasteiger partial charge in [-0.3, -0.25) is 4.79 Å². The SMILES string of the molecule is CC1CCCN(CCNC(=O)CNc2cccc(C(F)(F)F)c2)C1. The van der Waals surface area contributed by atoms with E-state index in [1.165, 1.54) is 25.0 Å². The molecule has 1 fully saturated rings. The van der Waals surface area contributed by atoms with E-state index in [2.05, 4.69) is 22.5 Å². The first-order valence-corrected chi connectivity index (χ1v) is 8.25. The van der Waals surface area contributed by atoms with Crippen LogP contribution in [0.4, 0.5) is 18.9 Å². The van der Waals surface area contributed by atoms with Crippen molar-refractivity contribution < 1.29 is 18.0 Å². The molecule has 0 bridgehead atoms. The molecule has 4 nitrogen and oxygen atoms in total. The van der Waals surface area contributed by atoms with Gasteiger partial charge >= 0.3 is 6.18 Å². The van der Waals surface area contributed by atoms with Crippen LogP contribution in [-0.4, -0.2) is 43.5 Å². The lowest BCUT2D eigenvalue weighted by molar-refractivity contribution is -0.137. The van der Waals surface area contributed by atoms with E-state index in [1.54, 1.807) is 0 Å². The highest BCUT2D eigenvalue weighted by atomic mass is 19.4. The van der Waals surface area contributed by atoms with Crippen LogP contribution >= 0.6 is 0 Å². The highest BCUT2D eigenvalue weighted by Gasteiger charge is 2.30. The van der Waals surface area contributed by atoms with Crippen LogP contribution in [0, 0.1) is 5.92 Å². The lowest BCUT2D eigenvalue weighted by atomic mass is 10.0. The van der Waals surface area contributed by atoms with Crippen LogP contribution in [-0.2, 0) is 11.0 Å². The number of carbonyl (C=O) groups excluding carboxylic acids is 1. The maximum Gasteiger partial charge on any atom is 0.416 e. The standard InChI is InChI=1S/C17H24F3N3O/c1-13-4-3-8-23(12-13)9-7-21-16(24)11-22-15-6-2-5-14(10-15)17(18,19)20/h2,5-6,10,13,22H,3-4,7-9,11-12H2,1H3,(H,21,24). The number of anilines is 1. The van der Waals surface area contributed by atoms with E-state index in [4.69, 9.17) is 0 Å². The van der Waals surface area contributed by atoms with Crippen LogP contribution in [0.15, 0.2) is 24.3 Å². The Hall–Kier alpha value is -1.76. The number of nitrogens with one attached hydrogen (secondary N) is 2. The van der Waals surface area contributed by atoms with E-state index in [0.29, 0.717) is 12.5 Å². The average Bonchev–Trinajstić information content (AvgIpc) is 2.52. The number of piperidine rings is 1. The second-order valence-electron chi connectivity index (χ2n) is 6.33. The first-order chi connectivity index (χ1) is 11.3. The third-order valence-electron chi connectivity index (χ3n) is 4.13. The highest BCUT2D eigenvalue weighted by Crippen LogP contribution is 2.30. The average molecular weight is 343 g/mol. The molecule has 0 spiro atoms. The number of benzene rings is 1. The largest absolute Gasteiger partial charge is 0.416 e. The molecule has 0 aliphatic carbocycles. The van der Waals surface area contributed by atoms with Crippen LogP contribution in [0.1, 0.15) is 25.3 Å². The molecule has 1 aliphatic heterocycles. The van der Waals surface area contributed by atoms with Crippen LogP contribution in [0.5, 0.6) is 0 Å². The van der Waals surface area contributed by atoms with Crippen molar-refractivity contribution in [2.75, 3.05) is 38.0 Å². The normalized spacial score (nSPS) is 19.1. The maximum absolute atomic E-state index is 12.6. The van der Waals surface area contributed by atoms with Crippen molar-refractivity contribution in [3.8, 4) is 0 Å². The van der Waals surface area contributed by atoms with E-state index in [0.717, 1.165) is 31.8 Å². The number of hydrogen-bond acceptors (Lipinski definition) is 3. The molecule has 1 aromatic rings. The summed E-state index contributed by atoms with van der Waals surface area (Å²) in [6, 6.07) is 4.84. The number of halogens is 3. The van der Waals surface area contributed by atoms with Gasteiger partial charge in [0.2, 0.25) is 5.91 Å². The van der Waals surface area contributed by atoms with Crippen LogP contribution in [0.3, 0.4) is 0 Å². The Morgan fingerprint density at radius 3 is 2.88 bits per heavy atom. The van der Waals surface area contributed by atoms with Crippen molar-refractivity contribution in [2.45, 2.75) is 25.9 Å². The summed E-state index contributed by atoms with van der Waals surface area (Å²) in [5, 5.41) is 5.52. The summed E-state index contributed by atoms with van der Waals surface area (Å²) >= 11 is 0. The zero-order valence-electron chi connectivity index (χ0n) is 13.8. The number of nitrogens with zero attached hydrogens (tertiary/aromatic N) is 1. The van der Waals surface area contributed by atoms with Gasteiger partial charge in [0, 0.05) is 25.3 Å². The number of carbonyl (C=O) groups is 1. The second-order valence-corrected chi connectivity index (χ2v) is 6.33. The lowest BCUT2D eigenvalue weighted by Gasteiger charge is -2.30. The minimum atomic E-state index is -4.38. The maximum atomic E-state index is 12.6. The fourth-order valence-electron chi connectivity index (χ4n) is 2.89. The summed E-state index contributed by atoms with van der Waals surface area (Å²) in [4.78, 5) is 14.1. The van der Waals surface area contributed by atoms with Crippen LogP contribution in [0.25, 0.3) is 0 Å². The van der Waals surface area contributed by atoms with Crippen molar-refractivity contribution in [3.63, 3.8) is 0 Å². The lowest BCUT2D eigenvalue weighted by Crippen LogP contribution is -2.41. The first-order valence-electron chi connectivity index (χ1n) is 8.25. The molecule has 0 aromatic heterocycles. The zero-order chi connectivity index (χ0) is 17.6. The first kappa shape index (κ1) is 18.6. The van der Waals surface area contributed by atoms with Gasteiger partial charge in [-0.2, -0.15) is 13.2 Å². The Kier molecular flexibility index (Phi) is 6.48. The predicted octanol–water partition coefficient (Wildman–Crippen LogP) is 2.97. The van der Waals surface area contributed by atoms with Gasteiger partial charge in [-0.1, -0.05) is 13.0 Å². The Morgan fingerprint density at radius 1 is 1.38 bits per heavy atom. The van der Waals surface area contributed by atoms with Gasteiger partial charge < -0.3 is 15.5 Å². The molecule has 1 atom stereocenters. The molecule has 0 saturated carbocycles. The Morgan fingerprint density at radius 2 is 2.17 bits per heavy atom. The van der Waals surface area contributed by atoms with E-state index >= 15 is 0 Å². The zero-order valence-corrected chi connectivity index (χ0v) is 13.8. The third-order valence-corrected chi connectivity index (χ3v) is 4.13. The summed E-state index contributed by atoms with van der Waals surface area (Å²) in [7, 11) is 0. The molecule has 1 aliphatic rings. The summed E-state index contributed by atoms with van der Waals surface area (Å²) in [6.07, 6.45) is -1.94. The molecule has 0 radical (unpaired) electrons. The number of alkyl halides is 3. The van der Waals surface area contributed by atoms with E-state index in [-0.39, 0.29) is 18.1 Å². The molecule has 1 amide bonds. The molecule has 1 saturated heterocycles. The molecule has 1 heterocycles. The smallest absolute Gasteiger partial charge is 0.376 e. The van der Waals surface area contributed by atoms with Gasteiger partial charge in [-0.05, 0) is 43.5 Å². The Bertz CT molecular complexity index is 548. The van der Waals surface area contributed by atoms with Gasteiger partial charge in [-0.15, -0.1) is 0 Å². The van der Waals surface area contributed by atoms with E-state index in [1.807, 2.05) is 0 Å². The minimum absolute atomic E-state index is 0.0439. The van der Waals surface area contributed by atoms with E-state index in [9.17, 15) is 18.0 Å². The van der Waals surface area contributed by atoms with Crippen LogP contribution in [0.2, 0.25) is 0 Å².